The van der Waals surface area contributed by atoms with Gasteiger partial charge in [-0.25, -0.2) is 0 Å². The number of terminal acetylenes is 1. The van der Waals surface area contributed by atoms with E-state index in [0.29, 0.717) is 0 Å². The molecule has 0 radical (unpaired) electrons. The number of benzene rings is 1. The molecule has 0 saturated carbocycles. The number of carbonyl (C=O) groups excluding carboxylic acids is 1. The highest BCUT2D eigenvalue weighted by Crippen LogP contribution is 2.19. The van der Waals surface area contributed by atoms with Crippen LogP contribution in [0, 0.1) is 12.5 Å². The van der Waals surface area contributed by atoms with Crippen molar-refractivity contribution >= 4 is 11.5 Å². The van der Waals surface area contributed by atoms with E-state index >= 15 is 0 Å². The summed E-state index contributed by atoms with van der Waals surface area (Å²) in [5.74, 6) is -0.163. The van der Waals surface area contributed by atoms with Crippen molar-refractivity contribution in [1.82, 2.24) is 10.6 Å². The third-order valence-electron chi connectivity index (χ3n) is 3.01. The van der Waals surface area contributed by atoms with Crippen LogP contribution in [0.4, 0.5) is 0 Å². The van der Waals surface area contributed by atoms with Crippen LogP contribution in [0.25, 0.3) is 5.57 Å². The second-order valence-corrected chi connectivity index (χ2v) is 4.62. The van der Waals surface area contributed by atoms with E-state index in [0.717, 1.165) is 16.7 Å². The quantitative estimate of drug-likeness (QED) is 0.424. The van der Waals surface area contributed by atoms with Crippen LogP contribution in [0.3, 0.4) is 0 Å². The van der Waals surface area contributed by atoms with Crippen LogP contribution in [-0.2, 0) is 4.79 Å². The predicted octanol–water partition coefficient (Wildman–Crippen LogP) is 1.92. The SMILES string of the molecule is C#CN/C=C\C=C(/C)c1cccc([C@H](C)NC(=O)CN)c1. The Morgan fingerprint density at radius 1 is 1.52 bits per heavy atom. The molecular weight excluding hydrogens is 262 g/mol. The Hall–Kier alpha value is -2.51. The third-order valence-corrected chi connectivity index (χ3v) is 3.01. The Morgan fingerprint density at radius 3 is 2.95 bits per heavy atom. The molecule has 0 aromatic heterocycles. The number of allylic oxidation sites excluding steroid dienone is 3. The lowest BCUT2D eigenvalue weighted by molar-refractivity contribution is -0.120. The summed E-state index contributed by atoms with van der Waals surface area (Å²) in [4.78, 5) is 11.3. The fourth-order valence-corrected chi connectivity index (χ4v) is 1.82. The van der Waals surface area contributed by atoms with Crippen LogP contribution < -0.4 is 16.4 Å². The smallest absolute Gasteiger partial charge is 0.234 e. The molecule has 4 nitrogen and oxygen atoms in total. The summed E-state index contributed by atoms with van der Waals surface area (Å²) in [5.41, 5.74) is 8.53. The number of carbonyl (C=O) groups is 1. The lowest BCUT2D eigenvalue weighted by atomic mass is 10.0. The molecule has 0 heterocycles. The molecule has 1 amide bonds. The van der Waals surface area contributed by atoms with Crippen LogP contribution in [0.2, 0.25) is 0 Å². The Balaban J connectivity index is 2.85. The molecule has 0 aliphatic carbocycles. The Kier molecular flexibility index (Phi) is 6.79. The van der Waals surface area contributed by atoms with E-state index in [2.05, 4.69) is 22.7 Å². The standard InChI is InChI=1S/C17H21N3O/c1-4-19-10-6-7-13(2)15-8-5-9-16(11-15)14(3)20-17(21)12-18/h1,5-11,14,19H,12,18H2,2-3H3,(H,20,21)/b10-6-,13-7+/t14-/m0/s1. The first kappa shape index (κ1) is 16.5. The molecule has 0 bridgehead atoms. The van der Waals surface area contributed by atoms with Crippen molar-refractivity contribution in [1.29, 1.82) is 0 Å². The molecule has 1 aromatic rings. The van der Waals surface area contributed by atoms with Gasteiger partial charge in [0.25, 0.3) is 0 Å². The van der Waals surface area contributed by atoms with E-state index in [9.17, 15) is 4.79 Å². The van der Waals surface area contributed by atoms with Crippen molar-refractivity contribution < 1.29 is 4.79 Å². The summed E-state index contributed by atoms with van der Waals surface area (Å²) in [6.45, 7) is 3.95. The molecule has 0 aliphatic rings. The average molecular weight is 283 g/mol. The Morgan fingerprint density at radius 2 is 2.29 bits per heavy atom. The zero-order valence-electron chi connectivity index (χ0n) is 12.4. The molecule has 0 unspecified atom stereocenters. The van der Waals surface area contributed by atoms with Crippen molar-refractivity contribution in [2.24, 2.45) is 5.73 Å². The van der Waals surface area contributed by atoms with Crippen molar-refractivity contribution in [3.8, 4) is 12.5 Å². The van der Waals surface area contributed by atoms with Crippen molar-refractivity contribution in [3.63, 3.8) is 0 Å². The highest BCUT2D eigenvalue weighted by Gasteiger charge is 2.08. The molecule has 4 heteroatoms. The number of nitrogens with one attached hydrogen (secondary N) is 2. The van der Waals surface area contributed by atoms with Gasteiger partial charge in [-0.05, 0) is 42.7 Å². The van der Waals surface area contributed by atoms with Gasteiger partial charge in [0.1, 0.15) is 0 Å². The van der Waals surface area contributed by atoms with E-state index in [-0.39, 0.29) is 18.5 Å². The minimum Gasteiger partial charge on any atom is -0.348 e. The van der Waals surface area contributed by atoms with Crippen LogP contribution in [0.1, 0.15) is 31.0 Å². The molecule has 0 spiro atoms. The largest absolute Gasteiger partial charge is 0.348 e. The minimum absolute atomic E-state index is 0.00403. The van der Waals surface area contributed by atoms with E-state index in [1.807, 2.05) is 44.2 Å². The van der Waals surface area contributed by atoms with E-state index in [4.69, 9.17) is 12.2 Å². The van der Waals surface area contributed by atoms with Gasteiger partial charge in [0.15, 0.2) is 0 Å². The molecule has 0 aliphatic heterocycles. The number of amides is 1. The van der Waals surface area contributed by atoms with Crippen LogP contribution in [0.15, 0.2) is 42.6 Å². The van der Waals surface area contributed by atoms with Gasteiger partial charge in [-0.1, -0.05) is 30.7 Å². The summed E-state index contributed by atoms with van der Waals surface area (Å²) in [7, 11) is 0. The normalized spacial score (nSPS) is 12.8. The van der Waals surface area contributed by atoms with Gasteiger partial charge in [0.2, 0.25) is 5.91 Å². The summed E-state index contributed by atoms with van der Waals surface area (Å²) >= 11 is 0. The monoisotopic (exact) mass is 283 g/mol. The highest BCUT2D eigenvalue weighted by atomic mass is 16.1. The second-order valence-electron chi connectivity index (χ2n) is 4.62. The first-order valence-corrected chi connectivity index (χ1v) is 6.72. The number of rotatable bonds is 6. The van der Waals surface area contributed by atoms with E-state index < -0.39 is 0 Å². The van der Waals surface area contributed by atoms with Crippen molar-refractivity contribution in [3.05, 3.63) is 53.7 Å². The first-order valence-electron chi connectivity index (χ1n) is 6.72. The minimum atomic E-state index is -0.163. The maximum atomic E-state index is 11.3. The van der Waals surface area contributed by atoms with Crippen molar-refractivity contribution in [2.75, 3.05) is 6.54 Å². The van der Waals surface area contributed by atoms with Crippen LogP contribution >= 0.6 is 0 Å². The van der Waals surface area contributed by atoms with Gasteiger partial charge in [0, 0.05) is 12.2 Å². The average Bonchev–Trinajstić information content (AvgIpc) is 2.51. The van der Waals surface area contributed by atoms with Gasteiger partial charge in [-0.2, -0.15) is 0 Å². The molecule has 0 saturated heterocycles. The molecule has 1 aromatic carbocycles. The second kappa shape index (κ2) is 8.62. The number of nitrogens with two attached hydrogens (primary N) is 1. The number of hydrogen-bond acceptors (Lipinski definition) is 3. The Bertz CT molecular complexity index is 582. The predicted molar refractivity (Wildman–Crippen MR) is 86.8 cm³/mol. The third kappa shape index (κ3) is 5.55. The molecule has 1 rings (SSSR count). The fourth-order valence-electron chi connectivity index (χ4n) is 1.82. The molecular formula is C17H21N3O. The van der Waals surface area contributed by atoms with Gasteiger partial charge < -0.3 is 16.4 Å². The molecule has 4 N–H and O–H groups in total. The van der Waals surface area contributed by atoms with Gasteiger partial charge in [-0.3, -0.25) is 4.79 Å². The maximum absolute atomic E-state index is 11.3. The fraction of sp³-hybridized carbons (Fsp3) is 0.235. The van der Waals surface area contributed by atoms with Crippen LogP contribution in [-0.4, -0.2) is 12.5 Å². The topological polar surface area (TPSA) is 67.1 Å². The summed E-state index contributed by atoms with van der Waals surface area (Å²) < 4.78 is 0. The molecule has 21 heavy (non-hydrogen) atoms. The Labute approximate surface area is 126 Å². The molecule has 1 atom stereocenters. The first-order chi connectivity index (χ1) is 10.1. The summed E-state index contributed by atoms with van der Waals surface area (Å²) in [6, 6.07) is 10.3. The van der Waals surface area contributed by atoms with E-state index in [1.165, 1.54) is 0 Å². The zero-order chi connectivity index (χ0) is 15.7. The van der Waals surface area contributed by atoms with Gasteiger partial charge in [0.05, 0.1) is 12.6 Å². The van der Waals surface area contributed by atoms with Gasteiger partial charge >= 0.3 is 0 Å². The maximum Gasteiger partial charge on any atom is 0.234 e. The van der Waals surface area contributed by atoms with Crippen LogP contribution in [0.5, 0.6) is 0 Å². The van der Waals surface area contributed by atoms with E-state index in [1.54, 1.807) is 6.20 Å². The zero-order valence-corrected chi connectivity index (χ0v) is 12.4. The lowest BCUT2D eigenvalue weighted by Gasteiger charge is -2.15. The summed E-state index contributed by atoms with van der Waals surface area (Å²) in [6.07, 6.45) is 10.6. The lowest BCUT2D eigenvalue weighted by Crippen LogP contribution is -2.32. The highest BCUT2D eigenvalue weighted by molar-refractivity contribution is 5.78. The summed E-state index contributed by atoms with van der Waals surface area (Å²) in [5, 5.41) is 5.50. The van der Waals surface area contributed by atoms with Crippen molar-refractivity contribution in [2.45, 2.75) is 19.9 Å². The molecule has 0 fully saturated rings. The molecule has 110 valence electrons. The number of hydrogen-bond donors (Lipinski definition) is 3. The van der Waals surface area contributed by atoms with Gasteiger partial charge in [-0.15, -0.1) is 0 Å².